The molecule has 0 heterocycles. The third-order valence-electron chi connectivity index (χ3n) is 4.93. The monoisotopic (exact) mass is 280 g/mol. The molecule has 1 aliphatic rings. The number of hydrogen-bond donors (Lipinski definition) is 2. The molecular weight excluding hydrogens is 256 g/mol. The van der Waals surface area contributed by atoms with Crippen molar-refractivity contribution in [2.45, 2.75) is 44.6 Å². The second kappa shape index (κ2) is 5.63. The highest BCUT2D eigenvalue weighted by Gasteiger charge is 2.50. The van der Waals surface area contributed by atoms with E-state index >= 15 is 0 Å². The Morgan fingerprint density at radius 3 is 2.43 bits per heavy atom. The molecule has 3 N–H and O–H groups in total. The van der Waals surface area contributed by atoms with Gasteiger partial charge in [0, 0.05) is 11.5 Å². The minimum Gasteiger partial charge on any atom is -0.271 e. The molecule has 0 amide bonds. The first-order valence-electron chi connectivity index (χ1n) is 7.73. The van der Waals surface area contributed by atoms with Crippen LogP contribution < -0.4 is 11.3 Å². The van der Waals surface area contributed by atoms with Crippen molar-refractivity contribution in [1.82, 2.24) is 5.43 Å². The summed E-state index contributed by atoms with van der Waals surface area (Å²) in [4.78, 5) is 0. The number of nitrogens with one attached hydrogen (secondary N) is 1. The summed E-state index contributed by atoms with van der Waals surface area (Å²) in [6, 6.07) is 17.8. The summed E-state index contributed by atoms with van der Waals surface area (Å²) in [5.74, 6) is 5.92. The molecule has 2 aromatic rings. The lowest BCUT2D eigenvalue weighted by molar-refractivity contribution is 0.420. The molecule has 0 spiro atoms. The molecule has 1 unspecified atom stereocenters. The summed E-state index contributed by atoms with van der Waals surface area (Å²) in [5, 5.41) is 0. The number of benzene rings is 2. The Balaban J connectivity index is 1.88. The predicted molar refractivity (Wildman–Crippen MR) is 88.1 cm³/mol. The van der Waals surface area contributed by atoms with E-state index in [1.807, 2.05) is 0 Å². The third kappa shape index (κ3) is 2.74. The van der Waals surface area contributed by atoms with Gasteiger partial charge >= 0.3 is 0 Å². The Kier molecular flexibility index (Phi) is 3.83. The molecule has 3 rings (SSSR count). The average Bonchev–Trinajstić information content (AvgIpc) is 3.31. The van der Waals surface area contributed by atoms with E-state index in [1.54, 1.807) is 0 Å². The van der Waals surface area contributed by atoms with Crippen molar-refractivity contribution >= 4 is 0 Å². The Morgan fingerprint density at radius 2 is 1.81 bits per heavy atom. The van der Waals surface area contributed by atoms with E-state index in [4.69, 9.17) is 5.84 Å². The molecular formula is C19H24N2. The number of nitrogens with two attached hydrogens (primary N) is 1. The summed E-state index contributed by atoms with van der Waals surface area (Å²) in [7, 11) is 0. The Bertz CT molecular complexity index is 615. The fourth-order valence-corrected chi connectivity index (χ4v) is 3.40. The third-order valence-corrected chi connectivity index (χ3v) is 4.93. The molecule has 110 valence electrons. The van der Waals surface area contributed by atoms with Crippen LogP contribution >= 0.6 is 0 Å². The van der Waals surface area contributed by atoms with Gasteiger partial charge in [0.15, 0.2) is 0 Å². The van der Waals surface area contributed by atoms with Crippen molar-refractivity contribution in [2.75, 3.05) is 0 Å². The van der Waals surface area contributed by atoms with Crippen LogP contribution in [0.15, 0.2) is 48.5 Å². The molecule has 0 saturated heterocycles. The number of hydrazine groups is 1. The highest BCUT2D eigenvalue weighted by atomic mass is 15.2. The van der Waals surface area contributed by atoms with E-state index in [2.05, 4.69) is 67.8 Å². The molecule has 1 aliphatic carbocycles. The lowest BCUT2D eigenvalue weighted by Crippen LogP contribution is -2.45. The van der Waals surface area contributed by atoms with Crippen LogP contribution in [0.3, 0.4) is 0 Å². The fraction of sp³-hybridized carbons (Fsp3) is 0.368. The standard InChI is InChI=1S/C19H24N2/c1-14-8-9-15(2)16(12-14)13-18(21-20)19(10-11-19)17-6-4-3-5-7-17/h3-9,12,18,21H,10-11,13,20H2,1-2H3. The first kappa shape index (κ1) is 14.3. The summed E-state index contributed by atoms with van der Waals surface area (Å²) in [6.07, 6.45) is 3.42. The molecule has 0 radical (unpaired) electrons. The number of rotatable bonds is 5. The van der Waals surface area contributed by atoms with Gasteiger partial charge in [-0.05, 0) is 49.8 Å². The van der Waals surface area contributed by atoms with Crippen molar-refractivity contribution in [2.24, 2.45) is 5.84 Å². The van der Waals surface area contributed by atoms with Crippen LogP contribution in [0.25, 0.3) is 0 Å². The van der Waals surface area contributed by atoms with Gasteiger partial charge in [-0.1, -0.05) is 54.1 Å². The zero-order valence-corrected chi connectivity index (χ0v) is 12.9. The van der Waals surface area contributed by atoms with Gasteiger partial charge in [-0.25, -0.2) is 0 Å². The summed E-state index contributed by atoms with van der Waals surface area (Å²) in [5.41, 5.74) is 8.80. The molecule has 2 heteroatoms. The lowest BCUT2D eigenvalue weighted by Gasteiger charge is -2.28. The predicted octanol–water partition coefficient (Wildman–Crippen LogP) is 3.41. The van der Waals surface area contributed by atoms with Gasteiger partial charge < -0.3 is 0 Å². The first-order valence-corrected chi connectivity index (χ1v) is 7.73. The zero-order valence-electron chi connectivity index (χ0n) is 12.9. The topological polar surface area (TPSA) is 38.0 Å². The van der Waals surface area contributed by atoms with Crippen molar-refractivity contribution < 1.29 is 0 Å². The van der Waals surface area contributed by atoms with Gasteiger partial charge in [0.1, 0.15) is 0 Å². The van der Waals surface area contributed by atoms with Crippen molar-refractivity contribution in [1.29, 1.82) is 0 Å². The van der Waals surface area contributed by atoms with Gasteiger partial charge in [-0.15, -0.1) is 0 Å². The van der Waals surface area contributed by atoms with E-state index < -0.39 is 0 Å². The minimum absolute atomic E-state index is 0.214. The maximum atomic E-state index is 5.92. The van der Waals surface area contributed by atoms with Crippen LogP contribution in [0.1, 0.15) is 35.1 Å². The van der Waals surface area contributed by atoms with Gasteiger partial charge in [0.2, 0.25) is 0 Å². The van der Waals surface area contributed by atoms with E-state index in [1.165, 1.54) is 35.1 Å². The normalized spacial score (nSPS) is 17.5. The van der Waals surface area contributed by atoms with Gasteiger partial charge in [0.25, 0.3) is 0 Å². The number of aryl methyl sites for hydroxylation is 2. The first-order chi connectivity index (χ1) is 10.2. The molecule has 2 aromatic carbocycles. The fourth-order valence-electron chi connectivity index (χ4n) is 3.40. The van der Waals surface area contributed by atoms with Crippen molar-refractivity contribution in [3.8, 4) is 0 Å². The van der Waals surface area contributed by atoms with Gasteiger partial charge in [-0.3, -0.25) is 11.3 Å². The van der Waals surface area contributed by atoms with Crippen LogP contribution in [0, 0.1) is 13.8 Å². The maximum absolute atomic E-state index is 5.92. The maximum Gasteiger partial charge on any atom is 0.0347 e. The molecule has 2 nitrogen and oxygen atoms in total. The molecule has 1 fully saturated rings. The zero-order chi connectivity index (χ0) is 14.9. The lowest BCUT2D eigenvalue weighted by atomic mass is 9.84. The van der Waals surface area contributed by atoms with Crippen molar-refractivity contribution in [3.05, 3.63) is 70.8 Å². The quantitative estimate of drug-likeness (QED) is 0.650. The molecule has 21 heavy (non-hydrogen) atoms. The second-order valence-corrected chi connectivity index (χ2v) is 6.38. The van der Waals surface area contributed by atoms with E-state index in [-0.39, 0.29) is 5.41 Å². The average molecular weight is 280 g/mol. The van der Waals surface area contributed by atoms with Crippen LogP contribution in [-0.2, 0) is 11.8 Å². The molecule has 1 saturated carbocycles. The Hall–Kier alpha value is -1.64. The Morgan fingerprint density at radius 1 is 1.10 bits per heavy atom. The highest BCUT2D eigenvalue weighted by Crippen LogP contribution is 2.51. The van der Waals surface area contributed by atoms with Gasteiger partial charge in [-0.2, -0.15) is 0 Å². The smallest absolute Gasteiger partial charge is 0.0347 e. The molecule has 0 bridgehead atoms. The van der Waals surface area contributed by atoms with Crippen LogP contribution in [-0.4, -0.2) is 6.04 Å². The SMILES string of the molecule is Cc1ccc(C)c(CC(NN)C2(c3ccccc3)CC2)c1. The van der Waals surface area contributed by atoms with Gasteiger partial charge in [0.05, 0.1) is 0 Å². The van der Waals surface area contributed by atoms with E-state index in [9.17, 15) is 0 Å². The molecule has 1 atom stereocenters. The van der Waals surface area contributed by atoms with Crippen LogP contribution in [0.4, 0.5) is 0 Å². The second-order valence-electron chi connectivity index (χ2n) is 6.38. The minimum atomic E-state index is 0.214. The summed E-state index contributed by atoms with van der Waals surface area (Å²) < 4.78 is 0. The summed E-state index contributed by atoms with van der Waals surface area (Å²) in [6.45, 7) is 4.34. The Labute approximate surface area is 127 Å². The van der Waals surface area contributed by atoms with Crippen molar-refractivity contribution in [3.63, 3.8) is 0 Å². The highest BCUT2D eigenvalue weighted by molar-refractivity contribution is 5.37. The largest absolute Gasteiger partial charge is 0.271 e. The van der Waals surface area contributed by atoms with E-state index in [0.29, 0.717) is 6.04 Å². The molecule has 0 aromatic heterocycles. The van der Waals surface area contributed by atoms with Crippen LogP contribution in [0.5, 0.6) is 0 Å². The number of hydrogen-bond acceptors (Lipinski definition) is 2. The summed E-state index contributed by atoms with van der Waals surface area (Å²) >= 11 is 0. The van der Waals surface area contributed by atoms with E-state index in [0.717, 1.165) is 6.42 Å². The molecule has 0 aliphatic heterocycles. The van der Waals surface area contributed by atoms with Crippen LogP contribution in [0.2, 0.25) is 0 Å².